The van der Waals surface area contributed by atoms with Gasteiger partial charge in [-0.1, -0.05) is 20.8 Å². The van der Waals surface area contributed by atoms with E-state index in [2.05, 4.69) is 4.72 Å². The topological polar surface area (TPSA) is 92.7 Å². The first-order chi connectivity index (χ1) is 7.73. The van der Waals surface area contributed by atoms with Crippen molar-refractivity contribution in [1.82, 2.24) is 4.72 Å². The summed E-state index contributed by atoms with van der Waals surface area (Å²) in [5, 5.41) is 8.90. The minimum atomic E-state index is -3.65. The summed E-state index contributed by atoms with van der Waals surface area (Å²) in [6.45, 7) is 5.10. The van der Waals surface area contributed by atoms with Crippen molar-refractivity contribution in [2.75, 3.05) is 12.9 Å². The molecule has 0 aliphatic carbocycles. The third-order valence-corrected chi connectivity index (χ3v) is 3.86. The molecule has 102 valence electrons. The summed E-state index contributed by atoms with van der Waals surface area (Å²) in [7, 11) is -2.22. The van der Waals surface area contributed by atoms with Gasteiger partial charge in [0.05, 0.1) is 11.9 Å². The molecular weight excluding hydrogens is 246 g/mol. The Morgan fingerprint density at radius 2 is 1.94 bits per heavy atom. The molecule has 0 fully saturated rings. The zero-order valence-corrected chi connectivity index (χ0v) is 11.5. The van der Waals surface area contributed by atoms with Gasteiger partial charge in [-0.15, -0.1) is 0 Å². The Bertz CT molecular complexity index is 335. The van der Waals surface area contributed by atoms with Gasteiger partial charge in [0.25, 0.3) is 0 Å². The number of carboxylic acids is 1. The number of ether oxygens (including phenoxy) is 1. The lowest BCUT2D eigenvalue weighted by Crippen LogP contribution is -2.46. The average molecular weight is 267 g/mol. The van der Waals surface area contributed by atoms with Crippen LogP contribution in [-0.4, -0.2) is 44.5 Å². The number of hydrogen-bond acceptors (Lipinski definition) is 4. The van der Waals surface area contributed by atoms with Gasteiger partial charge in [0.15, 0.2) is 0 Å². The third-order valence-electron chi connectivity index (χ3n) is 2.43. The van der Waals surface area contributed by atoms with E-state index < -0.39 is 28.1 Å². The Kier molecular flexibility index (Phi) is 6.66. The summed E-state index contributed by atoms with van der Waals surface area (Å²) in [6.07, 6.45) is 0.130. The van der Waals surface area contributed by atoms with Crippen LogP contribution in [0.3, 0.4) is 0 Å². The fraction of sp³-hybridized carbons (Fsp3) is 0.900. The fourth-order valence-corrected chi connectivity index (χ4v) is 3.03. The van der Waals surface area contributed by atoms with Gasteiger partial charge in [0.2, 0.25) is 10.0 Å². The van der Waals surface area contributed by atoms with E-state index in [1.54, 1.807) is 20.8 Å². The van der Waals surface area contributed by atoms with Gasteiger partial charge in [-0.2, -0.15) is 0 Å². The first-order valence-corrected chi connectivity index (χ1v) is 7.14. The van der Waals surface area contributed by atoms with Crippen molar-refractivity contribution in [1.29, 1.82) is 0 Å². The van der Waals surface area contributed by atoms with E-state index in [4.69, 9.17) is 9.84 Å². The molecule has 1 unspecified atom stereocenters. The third kappa shape index (κ3) is 5.99. The van der Waals surface area contributed by atoms with Crippen LogP contribution in [0.4, 0.5) is 0 Å². The van der Waals surface area contributed by atoms with Crippen molar-refractivity contribution in [2.24, 2.45) is 5.92 Å². The van der Waals surface area contributed by atoms with E-state index in [-0.39, 0.29) is 11.7 Å². The Labute approximate surface area is 102 Å². The number of carbonyl (C=O) groups is 1. The summed E-state index contributed by atoms with van der Waals surface area (Å²) in [6, 6.07) is -1.10. The molecule has 0 aliphatic rings. The number of rotatable bonds is 8. The van der Waals surface area contributed by atoms with Crippen LogP contribution in [0.25, 0.3) is 0 Å². The highest BCUT2D eigenvalue weighted by Crippen LogP contribution is 2.06. The summed E-state index contributed by atoms with van der Waals surface area (Å²) < 4.78 is 30.6. The van der Waals surface area contributed by atoms with Gasteiger partial charge < -0.3 is 9.84 Å². The summed E-state index contributed by atoms with van der Waals surface area (Å²) in [5.41, 5.74) is 0. The van der Waals surface area contributed by atoms with E-state index in [1.807, 2.05) is 0 Å². The van der Waals surface area contributed by atoms with Crippen molar-refractivity contribution < 1.29 is 23.1 Å². The Hall–Kier alpha value is -0.660. The molecule has 0 rings (SSSR count). The van der Waals surface area contributed by atoms with E-state index in [1.165, 1.54) is 7.11 Å². The molecule has 7 heteroatoms. The predicted molar refractivity (Wildman–Crippen MR) is 64.3 cm³/mol. The maximum atomic E-state index is 11.7. The molecule has 0 spiro atoms. The zero-order chi connectivity index (χ0) is 13.6. The lowest BCUT2D eigenvalue weighted by molar-refractivity contribution is -0.140. The lowest BCUT2D eigenvalue weighted by Gasteiger charge is -2.20. The molecular formula is C10H21NO5S. The summed E-state index contributed by atoms with van der Waals surface area (Å²) in [5.74, 6) is -1.71. The second-order valence-corrected chi connectivity index (χ2v) is 6.02. The van der Waals surface area contributed by atoms with Gasteiger partial charge in [0.1, 0.15) is 6.04 Å². The Balaban J connectivity index is 4.67. The van der Waals surface area contributed by atoms with Crippen molar-refractivity contribution in [3.05, 3.63) is 0 Å². The van der Waals surface area contributed by atoms with Crippen LogP contribution in [0.2, 0.25) is 0 Å². The Morgan fingerprint density at radius 3 is 2.24 bits per heavy atom. The second-order valence-electron chi connectivity index (χ2n) is 4.23. The van der Waals surface area contributed by atoms with Gasteiger partial charge in [-0.3, -0.25) is 4.79 Å². The SMILES string of the molecule is CCC(CS(=O)(=O)N[C@@H](C(=O)O)C(C)C)OC. The molecule has 0 amide bonds. The van der Waals surface area contributed by atoms with Crippen LogP contribution in [0.1, 0.15) is 27.2 Å². The minimum Gasteiger partial charge on any atom is -0.480 e. The van der Waals surface area contributed by atoms with Crippen LogP contribution < -0.4 is 4.72 Å². The van der Waals surface area contributed by atoms with E-state index in [0.29, 0.717) is 6.42 Å². The molecule has 2 N–H and O–H groups in total. The number of sulfonamides is 1. The molecule has 2 atom stereocenters. The Morgan fingerprint density at radius 1 is 1.41 bits per heavy atom. The van der Waals surface area contributed by atoms with Gasteiger partial charge >= 0.3 is 5.97 Å². The highest BCUT2D eigenvalue weighted by molar-refractivity contribution is 7.89. The van der Waals surface area contributed by atoms with E-state index in [9.17, 15) is 13.2 Å². The molecule has 0 saturated heterocycles. The maximum Gasteiger partial charge on any atom is 0.321 e. The molecule has 0 aliphatic heterocycles. The van der Waals surface area contributed by atoms with Crippen molar-refractivity contribution in [2.45, 2.75) is 39.3 Å². The molecule has 0 radical (unpaired) electrons. The first kappa shape index (κ1) is 16.3. The quantitative estimate of drug-likeness (QED) is 0.665. The van der Waals surface area contributed by atoms with Gasteiger partial charge in [-0.25, -0.2) is 13.1 Å². The van der Waals surface area contributed by atoms with Gasteiger partial charge in [-0.05, 0) is 12.3 Å². The molecule has 6 nitrogen and oxygen atoms in total. The van der Waals surface area contributed by atoms with Gasteiger partial charge in [0, 0.05) is 7.11 Å². The smallest absolute Gasteiger partial charge is 0.321 e. The van der Waals surface area contributed by atoms with E-state index >= 15 is 0 Å². The largest absolute Gasteiger partial charge is 0.480 e. The molecule has 0 bridgehead atoms. The number of aliphatic carboxylic acids is 1. The van der Waals surface area contributed by atoms with Crippen molar-refractivity contribution >= 4 is 16.0 Å². The van der Waals surface area contributed by atoms with Crippen molar-refractivity contribution in [3.63, 3.8) is 0 Å². The normalized spacial score (nSPS) is 15.8. The lowest BCUT2D eigenvalue weighted by atomic mass is 10.1. The standard InChI is InChI=1S/C10H21NO5S/c1-5-8(16-4)6-17(14,15)11-9(7(2)3)10(12)13/h7-9,11H,5-6H2,1-4H3,(H,12,13)/t8?,9-/m1/s1. The minimum absolute atomic E-state index is 0.226. The van der Waals surface area contributed by atoms with Crippen molar-refractivity contribution in [3.8, 4) is 0 Å². The molecule has 0 heterocycles. The highest BCUT2D eigenvalue weighted by Gasteiger charge is 2.28. The summed E-state index contributed by atoms with van der Waals surface area (Å²) in [4.78, 5) is 10.9. The van der Waals surface area contributed by atoms with Crippen LogP contribution >= 0.6 is 0 Å². The monoisotopic (exact) mass is 267 g/mol. The van der Waals surface area contributed by atoms with Crippen LogP contribution in [0, 0.1) is 5.92 Å². The number of methoxy groups -OCH3 is 1. The highest BCUT2D eigenvalue weighted by atomic mass is 32.2. The summed E-state index contributed by atoms with van der Waals surface area (Å²) >= 11 is 0. The molecule has 0 saturated carbocycles. The molecule has 0 aromatic heterocycles. The number of carboxylic acid groups (broad SMARTS) is 1. The molecule has 0 aromatic carbocycles. The predicted octanol–water partition coefficient (Wildman–Crippen LogP) is 0.440. The fourth-order valence-electron chi connectivity index (χ4n) is 1.31. The second kappa shape index (κ2) is 6.93. The molecule has 0 aromatic rings. The first-order valence-electron chi connectivity index (χ1n) is 5.49. The maximum absolute atomic E-state index is 11.7. The average Bonchev–Trinajstić information content (AvgIpc) is 2.22. The van der Waals surface area contributed by atoms with Crippen LogP contribution in [0.5, 0.6) is 0 Å². The van der Waals surface area contributed by atoms with Crippen LogP contribution in [0.15, 0.2) is 0 Å². The van der Waals surface area contributed by atoms with Crippen LogP contribution in [-0.2, 0) is 19.6 Å². The number of nitrogens with one attached hydrogen (secondary N) is 1. The zero-order valence-electron chi connectivity index (χ0n) is 10.6. The number of hydrogen-bond donors (Lipinski definition) is 2. The molecule has 17 heavy (non-hydrogen) atoms. The van der Waals surface area contributed by atoms with E-state index in [0.717, 1.165) is 0 Å².